The molecule has 0 saturated carbocycles. The van der Waals surface area contributed by atoms with Crippen molar-refractivity contribution in [2.24, 2.45) is 5.73 Å². The Morgan fingerprint density at radius 2 is 1.43 bits per heavy atom. The van der Waals surface area contributed by atoms with Crippen LogP contribution in [0.1, 0.15) is 84.0 Å². The summed E-state index contributed by atoms with van der Waals surface area (Å²) < 4.78 is 4.54. The lowest BCUT2D eigenvalue weighted by Crippen LogP contribution is -2.31. The smallest absolute Gasteiger partial charge is 0.305 e. The van der Waals surface area contributed by atoms with Crippen LogP contribution in [0.5, 0.6) is 0 Å². The van der Waals surface area contributed by atoms with E-state index in [1.807, 2.05) is 0 Å². The molecule has 0 heterocycles. The Morgan fingerprint density at radius 1 is 0.905 bits per heavy atom. The summed E-state index contributed by atoms with van der Waals surface area (Å²) in [5, 5.41) is 0. The van der Waals surface area contributed by atoms with Crippen LogP contribution in [0.3, 0.4) is 0 Å². The molecule has 0 aromatic heterocycles. The predicted octanol–water partition coefficient (Wildman–Crippen LogP) is 3.76. The standard InChI is InChI=1S/C17H33NO3/c1-3-4-5-6-7-8-9-10-11-12-16(19)15(18)13-14-17(20)21-2/h15H,3-14,18H2,1-2H3. The average Bonchev–Trinajstić information content (AvgIpc) is 2.50. The normalized spacial score (nSPS) is 12.1. The van der Waals surface area contributed by atoms with Gasteiger partial charge in [-0.1, -0.05) is 58.3 Å². The summed E-state index contributed by atoms with van der Waals surface area (Å²) in [6, 6.07) is -0.516. The molecular weight excluding hydrogens is 266 g/mol. The van der Waals surface area contributed by atoms with E-state index >= 15 is 0 Å². The van der Waals surface area contributed by atoms with Crippen LogP contribution < -0.4 is 5.73 Å². The van der Waals surface area contributed by atoms with E-state index in [1.165, 1.54) is 52.1 Å². The summed E-state index contributed by atoms with van der Waals surface area (Å²) in [7, 11) is 1.35. The summed E-state index contributed by atoms with van der Waals surface area (Å²) in [6.07, 6.45) is 12.3. The number of ether oxygens (including phenoxy) is 1. The summed E-state index contributed by atoms with van der Waals surface area (Å²) in [5.41, 5.74) is 5.77. The zero-order valence-corrected chi connectivity index (χ0v) is 13.9. The molecule has 1 atom stereocenters. The van der Waals surface area contributed by atoms with Gasteiger partial charge in [0.15, 0.2) is 0 Å². The van der Waals surface area contributed by atoms with E-state index in [0.717, 1.165) is 12.8 Å². The minimum Gasteiger partial charge on any atom is -0.469 e. The quantitative estimate of drug-likeness (QED) is 0.392. The third kappa shape index (κ3) is 12.5. The lowest BCUT2D eigenvalue weighted by atomic mass is 10.0. The third-order valence-electron chi connectivity index (χ3n) is 3.83. The van der Waals surface area contributed by atoms with E-state index in [4.69, 9.17) is 5.73 Å². The van der Waals surface area contributed by atoms with E-state index in [-0.39, 0.29) is 18.2 Å². The summed E-state index contributed by atoms with van der Waals surface area (Å²) in [5.74, 6) is -0.233. The molecule has 1 unspecified atom stereocenters. The van der Waals surface area contributed by atoms with E-state index in [2.05, 4.69) is 11.7 Å². The van der Waals surface area contributed by atoms with Gasteiger partial charge in [-0.15, -0.1) is 0 Å². The van der Waals surface area contributed by atoms with Gasteiger partial charge < -0.3 is 10.5 Å². The highest BCUT2D eigenvalue weighted by atomic mass is 16.5. The SMILES string of the molecule is CCCCCCCCCCCC(=O)C(N)CCC(=O)OC. The zero-order valence-electron chi connectivity index (χ0n) is 13.9. The number of carbonyl (C=O) groups excluding carboxylic acids is 2. The molecule has 0 radical (unpaired) electrons. The minimum atomic E-state index is -0.516. The van der Waals surface area contributed by atoms with Gasteiger partial charge in [-0.25, -0.2) is 0 Å². The fourth-order valence-corrected chi connectivity index (χ4v) is 2.33. The number of nitrogens with two attached hydrogens (primary N) is 1. The Hall–Kier alpha value is -0.900. The van der Waals surface area contributed by atoms with Crippen molar-refractivity contribution in [3.63, 3.8) is 0 Å². The Morgan fingerprint density at radius 3 is 1.95 bits per heavy atom. The molecule has 124 valence electrons. The van der Waals surface area contributed by atoms with Gasteiger partial charge >= 0.3 is 5.97 Å². The highest BCUT2D eigenvalue weighted by Gasteiger charge is 2.14. The van der Waals surface area contributed by atoms with Crippen LogP contribution in [0.25, 0.3) is 0 Å². The number of Topliss-reactive ketones (excluding diaryl/α,β-unsaturated/α-hetero) is 1. The number of ketones is 1. The van der Waals surface area contributed by atoms with Crippen LogP contribution in [0.15, 0.2) is 0 Å². The highest BCUT2D eigenvalue weighted by Crippen LogP contribution is 2.11. The van der Waals surface area contributed by atoms with E-state index in [0.29, 0.717) is 12.8 Å². The average molecular weight is 299 g/mol. The maximum Gasteiger partial charge on any atom is 0.305 e. The predicted molar refractivity (Wildman–Crippen MR) is 86.1 cm³/mol. The van der Waals surface area contributed by atoms with Crippen molar-refractivity contribution in [3.8, 4) is 0 Å². The van der Waals surface area contributed by atoms with Crippen molar-refractivity contribution in [1.82, 2.24) is 0 Å². The second-order valence-electron chi connectivity index (χ2n) is 5.77. The maximum atomic E-state index is 11.8. The Bertz CT molecular complexity index is 279. The zero-order chi connectivity index (χ0) is 15.9. The van der Waals surface area contributed by atoms with Crippen molar-refractivity contribution in [2.75, 3.05) is 7.11 Å². The van der Waals surface area contributed by atoms with E-state index in [1.54, 1.807) is 0 Å². The second-order valence-corrected chi connectivity index (χ2v) is 5.77. The largest absolute Gasteiger partial charge is 0.469 e. The number of rotatable bonds is 14. The lowest BCUT2D eigenvalue weighted by Gasteiger charge is -2.09. The number of esters is 1. The first-order chi connectivity index (χ1) is 10.1. The fraction of sp³-hybridized carbons (Fsp3) is 0.882. The third-order valence-corrected chi connectivity index (χ3v) is 3.83. The van der Waals surface area contributed by atoms with Crippen LogP contribution >= 0.6 is 0 Å². The Kier molecular flexibility index (Phi) is 13.5. The Balaban J connectivity index is 3.42. The molecule has 0 amide bonds. The van der Waals surface area contributed by atoms with Crippen molar-refractivity contribution < 1.29 is 14.3 Å². The van der Waals surface area contributed by atoms with E-state index < -0.39 is 6.04 Å². The van der Waals surface area contributed by atoms with Gasteiger partial charge in [0.05, 0.1) is 13.2 Å². The molecule has 2 N–H and O–H groups in total. The van der Waals surface area contributed by atoms with Crippen molar-refractivity contribution in [1.29, 1.82) is 0 Å². The van der Waals surface area contributed by atoms with E-state index in [9.17, 15) is 9.59 Å². The van der Waals surface area contributed by atoms with Crippen LogP contribution in [-0.4, -0.2) is 24.9 Å². The van der Waals surface area contributed by atoms with Gasteiger partial charge in [0.1, 0.15) is 5.78 Å². The number of unbranched alkanes of at least 4 members (excludes halogenated alkanes) is 8. The van der Waals surface area contributed by atoms with Gasteiger partial charge in [-0.3, -0.25) is 9.59 Å². The molecule has 0 saturated heterocycles. The molecule has 0 bridgehead atoms. The molecule has 0 spiro atoms. The fourth-order valence-electron chi connectivity index (χ4n) is 2.33. The van der Waals surface area contributed by atoms with Gasteiger partial charge in [-0.2, -0.15) is 0 Å². The molecular formula is C17H33NO3. The number of methoxy groups -OCH3 is 1. The summed E-state index contributed by atoms with van der Waals surface area (Å²) >= 11 is 0. The van der Waals surface area contributed by atoms with Crippen LogP contribution in [-0.2, 0) is 14.3 Å². The molecule has 4 nitrogen and oxygen atoms in total. The molecule has 21 heavy (non-hydrogen) atoms. The van der Waals surface area contributed by atoms with Crippen molar-refractivity contribution in [3.05, 3.63) is 0 Å². The van der Waals surface area contributed by atoms with Gasteiger partial charge in [-0.05, 0) is 12.8 Å². The summed E-state index contributed by atoms with van der Waals surface area (Å²) in [4.78, 5) is 22.8. The number of hydrogen-bond acceptors (Lipinski definition) is 4. The molecule has 0 aliphatic carbocycles. The second kappa shape index (κ2) is 14.1. The monoisotopic (exact) mass is 299 g/mol. The minimum absolute atomic E-state index is 0.0712. The molecule has 4 heteroatoms. The van der Waals surface area contributed by atoms with Crippen molar-refractivity contribution in [2.45, 2.75) is 90.0 Å². The number of carbonyl (C=O) groups is 2. The van der Waals surface area contributed by atoms with Crippen LogP contribution in [0.4, 0.5) is 0 Å². The first kappa shape index (κ1) is 20.1. The molecule has 0 fully saturated rings. The molecule has 0 aromatic carbocycles. The molecule has 0 aliphatic rings. The van der Waals surface area contributed by atoms with Gasteiger partial charge in [0.25, 0.3) is 0 Å². The molecule has 0 aromatic rings. The first-order valence-corrected chi connectivity index (χ1v) is 8.47. The summed E-state index contributed by atoms with van der Waals surface area (Å²) in [6.45, 7) is 2.23. The first-order valence-electron chi connectivity index (χ1n) is 8.47. The van der Waals surface area contributed by atoms with Crippen molar-refractivity contribution >= 4 is 11.8 Å². The van der Waals surface area contributed by atoms with Gasteiger partial charge in [0, 0.05) is 12.8 Å². The molecule has 0 rings (SSSR count). The highest BCUT2D eigenvalue weighted by molar-refractivity contribution is 5.84. The van der Waals surface area contributed by atoms with Crippen LogP contribution in [0, 0.1) is 0 Å². The van der Waals surface area contributed by atoms with Crippen LogP contribution in [0.2, 0.25) is 0 Å². The maximum absolute atomic E-state index is 11.8. The Labute approximate surface area is 129 Å². The number of hydrogen-bond donors (Lipinski definition) is 1. The lowest BCUT2D eigenvalue weighted by molar-refractivity contribution is -0.140. The van der Waals surface area contributed by atoms with Gasteiger partial charge in [0.2, 0.25) is 0 Å². The topological polar surface area (TPSA) is 69.4 Å². The molecule has 0 aliphatic heterocycles.